The maximum Gasteiger partial charge on any atom is 0.104 e. The largest absolute Gasteiger partial charge is 0.495 e. The van der Waals surface area contributed by atoms with Crippen LogP contribution in [-0.4, -0.2) is 28.0 Å². The van der Waals surface area contributed by atoms with Crippen molar-refractivity contribution in [2.75, 3.05) is 0 Å². The molecule has 1 aliphatic carbocycles. The molecule has 1 saturated carbocycles. The van der Waals surface area contributed by atoms with Gasteiger partial charge in [0.25, 0.3) is 0 Å². The van der Waals surface area contributed by atoms with Gasteiger partial charge in [-0.05, 0) is 32.6 Å². The molecule has 0 spiro atoms. The zero-order valence-electron chi connectivity index (χ0n) is 16.0. The number of fused-ring (bicyclic) bond motifs is 1. The normalized spacial score (nSPS) is 34.3. The molecule has 0 aromatic rings. The van der Waals surface area contributed by atoms with Crippen molar-refractivity contribution in [3.63, 3.8) is 0 Å². The summed E-state index contributed by atoms with van der Waals surface area (Å²) in [6.45, 7) is 8.07. The lowest BCUT2D eigenvalue weighted by molar-refractivity contribution is 0.0694. The fourth-order valence-corrected chi connectivity index (χ4v) is 4.01. The summed E-state index contributed by atoms with van der Waals surface area (Å²) in [5, 5.41) is 21.2. The third-order valence-electron chi connectivity index (χ3n) is 5.57. The summed E-state index contributed by atoms with van der Waals surface area (Å²) in [6, 6.07) is 0. The lowest BCUT2D eigenvalue weighted by Gasteiger charge is -2.26. The van der Waals surface area contributed by atoms with Crippen molar-refractivity contribution in [1.29, 1.82) is 0 Å². The fraction of sp³-hybridized carbons (Fsp3) is 0.727. The van der Waals surface area contributed by atoms with E-state index in [4.69, 9.17) is 4.74 Å². The third kappa shape index (κ3) is 6.31. The number of allylic oxidation sites excluding steroid dienone is 3. The van der Waals surface area contributed by atoms with Gasteiger partial charge in [0, 0.05) is 24.7 Å². The number of rotatable bonds is 6. The lowest BCUT2D eigenvalue weighted by Crippen LogP contribution is -2.25. The van der Waals surface area contributed by atoms with Crippen molar-refractivity contribution in [3.8, 4) is 0 Å². The van der Waals surface area contributed by atoms with Gasteiger partial charge >= 0.3 is 0 Å². The summed E-state index contributed by atoms with van der Waals surface area (Å²) in [6.07, 6.45) is 16.6. The number of hydrogen-bond donors (Lipinski definition) is 2. The zero-order chi connectivity index (χ0) is 18.3. The molecular weight excluding hydrogens is 312 g/mol. The van der Waals surface area contributed by atoms with E-state index in [2.05, 4.69) is 25.7 Å². The molecule has 3 heteroatoms. The SMILES string of the molecule is C=C1CCC/C=C\C[C@@H]2[C@@H](/C=C/[C@](C)(O)CCCCC)[C@H](O)C[C@@H]2O1. The molecule has 25 heavy (non-hydrogen) atoms. The first-order valence-corrected chi connectivity index (χ1v) is 10.0. The summed E-state index contributed by atoms with van der Waals surface area (Å²) in [7, 11) is 0. The molecule has 142 valence electrons. The standard InChI is InChI=1S/C22H36O3/c1-4-5-10-14-22(3,24)15-13-18-19-12-9-7-6-8-11-17(2)25-21(19)16-20(18)23/h7,9,13,15,18-21,23-24H,2,4-6,8,10-12,14,16H2,1,3H3/b9-7-,15-13+/t18-,19-,20-,21+,22-/m1/s1. The van der Waals surface area contributed by atoms with E-state index in [0.717, 1.165) is 57.1 Å². The molecule has 5 atom stereocenters. The number of aliphatic hydroxyl groups excluding tert-OH is 1. The molecule has 1 fully saturated rings. The Bertz CT molecular complexity index is 478. The molecule has 0 amide bonds. The number of aliphatic hydroxyl groups is 2. The summed E-state index contributed by atoms with van der Waals surface area (Å²) in [5.41, 5.74) is -0.802. The number of hydrogen-bond acceptors (Lipinski definition) is 3. The average Bonchev–Trinajstić information content (AvgIpc) is 2.84. The van der Waals surface area contributed by atoms with E-state index in [1.165, 1.54) is 0 Å². The van der Waals surface area contributed by atoms with Crippen molar-refractivity contribution in [1.82, 2.24) is 0 Å². The quantitative estimate of drug-likeness (QED) is 0.530. The van der Waals surface area contributed by atoms with Gasteiger partial charge in [0.15, 0.2) is 0 Å². The van der Waals surface area contributed by atoms with Gasteiger partial charge in [-0.15, -0.1) is 0 Å². The van der Waals surface area contributed by atoms with E-state index in [1.807, 2.05) is 19.1 Å². The van der Waals surface area contributed by atoms with Crippen molar-refractivity contribution in [2.24, 2.45) is 11.8 Å². The Kier molecular flexibility index (Phi) is 7.77. The highest BCUT2D eigenvalue weighted by atomic mass is 16.5. The molecule has 2 N–H and O–H groups in total. The Morgan fingerprint density at radius 3 is 2.92 bits per heavy atom. The minimum atomic E-state index is -0.802. The predicted octanol–water partition coefficient (Wildman–Crippen LogP) is 4.90. The Morgan fingerprint density at radius 2 is 2.16 bits per heavy atom. The monoisotopic (exact) mass is 348 g/mol. The molecule has 1 heterocycles. The highest BCUT2D eigenvalue weighted by Crippen LogP contribution is 2.40. The summed E-state index contributed by atoms with van der Waals surface area (Å²) in [5.74, 6) is 1.11. The van der Waals surface area contributed by atoms with E-state index < -0.39 is 11.7 Å². The average molecular weight is 349 g/mol. The second kappa shape index (κ2) is 9.59. The topological polar surface area (TPSA) is 49.7 Å². The first-order valence-electron chi connectivity index (χ1n) is 10.0. The van der Waals surface area contributed by atoms with Crippen LogP contribution in [0.2, 0.25) is 0 Å². The molecule has 2 aliphatic rings. The molecule has 0 aromatic carbocycles. The molecule has 0 saturated heterocycles. The second-order valence-electron chi connectivity index (χ2n) is 8.01. The number of ether oxygens (including phenoxy) is 1. The highest BCUT2D eigenvalue weighted by molar-refractivity contribution is 5.10. The van der Waals surface area contributed by atoms with Crippen LogP contribution < -0.4 is 0 Å². The van der Waals surface area contributed by atoms with Gasteiger partial charge < -0.3 is 14.9 Å². The van der Waals surface area contributed by atoms with Crippen LogP contribution >= 0.6 is 0 Å². The molecule has 0 bridgehead atoms. The number of unbranched alkanes of at least 4 members (excludes halogenated alkanes) is 2. The van der Waals surface area contributed by atoms with Crippen molar-refractivity contribution in [2.45, 2.75) is 89.4 Å². The predicted molar refractivity (Wildman–Crippen MR) is 103 cm³/mol. The summed E-state index contributed by atoms with van der Waals surface area (Å²) < 4.78 is 6.08. The van der Waals surface area contributed by atoms with Crippen LogP contribution in [0.1, 0.15) is 71.6 Å². The molecule has 0 radical (unpaired) electrons. The first kappa shape index (κ1) is 20.3. The molecule has 3 nitrogen and oxygen atoms in total. The van der Waals surface area contributed by atoms with Gasteiger partial charge in [-0.25, -0.2) is 0 Å². The zero-order valence-corrected chi connectivity index (χ0v) is 16.0. The van der Waals surface area contributed by atoms with Gasteiger partial charge in [0.2, 0.25) is 0 Å². The Hall–Kier alpha value is -1.06. The van der Waals surface area contributed by atoms with Crippen molar-refractivity contribution < 1.29 is 14.9 Å². The maximum atomic E-state index is 10.6. The lowest BCUT2D eigenvalue weighted by atomic mass is 9.87. The second-order valence-corrected chi connectivity index (χ2v) is 8.01. The van der Waals surface area contributed by atoms with E-state index >= 15 is 0 Å². The van der Waals surface area contributed by atoms with Crippen LogP contribution in [0, 0.1) is 11.8 Å². The van der Waals surface area contributed by atoms with Crippen molar-refractivity contribution in [3.05, 3.63) is 36.6 Å². The Balaban J connectivity index is 2.06. The van der Waals surface area contributed by atoms with Crippen LogP contribution in [0.4, 0.5) is 0 Å². The molecular formula is C22H36O3. The Morgan fingerprint density at radius 1 is 1.36 bits per heavy atom. The van der Waals surface area contributed by atoms with E-state index in [-0.39, 0.29) is 17.9 Å². The Labute approximate surface area is 153 Å². The van der Waals surface area contributed by atoms with Gasteiger partial charge in [-0.1, -0.05) is 57.1 Å². The van der Waals surface area contributed by atoms with Gasteiger partial charge in [0.05, 0.1) is 17.5 Å². The van der Waals surface area contributed by atoms with Crippen LogP contribution in [0.25, 0.3) is 0 Å². The van der Waals surface area contributed by atoms with E-state index in [9.17, 15) is 10.2 Å². The van der Waals surface area contributed by atoms with E-state index in [1.54, 1.807) is 0 Å². The third-order valence-corrected chi connectivity index (χ3v) is 5.57. The minimum absolute atomic E-state index is 0.0185. The molecule has 0 aromatic heterocycles. The molecule has 2 rings (SSSR count). The van der Waals surface area contributed by atoms with E-state index in [0.29, 0.717) is 6.42 Å². The van der Waals surface area contributed by atoms with Gasteiger partial charge in [-0.2, -0.15) is 0 Å². The summed E-state index contributed by atoms with van der Waals surface area (Å²) in [4.78, 5) is 0. The fourth-order valence-electron chi connectivity index (χ4n) is 4.01. The van der Waals surface area contributed by atoms with Gasteiger partial charge in [0.1, 0.15) is 6.10 Å². The smallest absolute Gasteiger partial charge is 0.104 e. The van der Waals surface area contributed by atoms with Crippen LogP contribution in [0.3, 0.4) is 0 Å². The van der Waals surface area contributed by atoms with Gasteiger partial charge in [-0.3, -0.25) is 0 Å². The van der Waals surface area contributed by atoms with Crippen LogP contribution in [0.5, 0.6) is 0 Å². The molecule has 0 unspecified atom stereocenters. The van der Waals surface area contributed by atoms with Crippen LogP contribution in [0.15, 0.2) is 36.6 Å². The highest BCUT2D eigenvalue weighted by Gasteiger charge is 2.42. The maximum absolute atomic E-state index is 10.6. The first-order chi connectivity index (χ1) is 11.9. The minimum Gasteiger partial charge on any atom is -0.495 e. The molecule has 1 aliphatic heterocycles. The van der Waals surface area contributed by atoms with Crippen molar-refractivity contribution >= 4 is 0 Å². The summed E-state index contributed by atoms with van der Waals surface area (Å²) >= 11 is 0. The van der Waals surface area contributed by atoms with Crippen LogP contribution in [-0.2, 0) is 4.74 Å².